The molecule has 0 radical (unpaired) electrons. The number of aromatic amines is 1. The minimum Gasteiger partial charge on any atom is -0.366 e. The van der Waals surface area contributed by atoms with Crippen molar-refractivity contribution in [1.82, 2.24) is 19.3 Å². The summed E-state index contributed by atoms with van der Waals surface area (Å²) in [6.07, 6.45) is 6.58. The molecular weight excluding hydrogens is 386 g/mol. The van der Waals surface area contributed by atoms with E-state index in [1.165, 1.54) is 10.6 Å². The lowest BCUT2D eigenvalue weighted by molar-refractivity contribution is 0.329. The lowest BCUT2D eigenvalue weighted by atomic mass is 10.1. The summed E-state index contributed by atoms with van der Waals surface area (Å²) in [4.78, 5) is 11.8. The lowest BCUT2D eigenvalue weighted by Crippen LogP contribution is -2.44. The van der Waals surface area contributed by atoms with Crippen LogP contribution in [0.2, 0.25) is 5.15 Å². The Balaban J connectivity index is 1.61. The Labute approximate surface area is 162 Å². The van der Waals surface area contributed by atoms with Crippen LogP contribution in [0.15, 0.2) is 36.7 Å². The molecule has 4 heterocycles. The molecule has 0 aromatic carbocycles. The molecule has 1 atom stereocenters. The maximum absolute atomic E-state index is 11.8. The van der Waals surface area contributed by atoms with E-state index >= 15 is 0 Å². The first kappa shape index (κ1) is 18.2. The van der Waals surface area contributed by atoms with E-state index in [9.17, 15) is 8.42 Å². The van der Waals surface area contributed by atoms with E-state index in [-0.39, 0.29) is 6.04 Å². The Morgan fingerprint density at radius 2 is 2.22 bits per heavy atom. The normalized spacial score (nSPS) is 18.7. The summed E-state index contributed by atoms with van der Waals surface area (Å²) < 4.78 is 25.2. The van der Waals surface area contributed by atoms with Gasteiger partial charge < -0.3 is 10.3 Å². The molecule has 9 heteroatoms. The van der Waals surface area contributed by atoms with Crippen LogP contribution in [-0.4, -0.2) is 53.1 Å². The van der Waals surface area contributed by atoms with E-state index in [1.807, 2.05) is 30.5 Å². The maximum Gasteiger partial charge on any atom is 0.211 e. The van der Waals surface area contributed by atoms with Crippen LogP contribution in [0.25, 0.3) is 22.2 Å². The fraction of sp³-hybridized carbons (Fsp3) is 0.333. The summed E-state index contributed by atoms with van der Waals surface area (Å²) >= 11 is 6.25. The minimum atomic E-state index is -3.19. The topological polar surface area (TPSA) is 91.0 Å². The molecule has 3 aromatic rings. The molecule has 3 aromatic heterocycles. The van der Waals surface area contributed by atoms with E-state index in [2.05, 4.69) is 20.3 Å². The van der Waals surface area contributed by atoms with E-state index in [0.29, 0.717) is 24.1 Å². The number of nitrogens with one attached hydrogen (secondary N) is 2. The SMILES string of the molecule is CS(=O)(=O)N1CCCC(Nc2cc(-c3c[nH]c4ncccc34)cc(Cl)n2)C1. The van der Waals surface area contributed by atoms with Crippen molar-refractivity contribution in [3.8, 4) is 11.1 Å². The molecule has 1 aliphatic rings. The third-order valence-electron chi connectivity index (χ3n) is 4.76. The van der Waals surface area contributed by atoms with Crippen molar-refractivity contribution in [2.24, 2.45) is 0 Å². The van der Waals surface area contributed by atoms with Crippen LogP contribution >= 0.6 is 11.6 Å². The molecule has 0 spiro atoms. The third-order valence-corrected chi connectivity index (χ3v) is 6.22. The molecule has 0 aliphatic carbocycles. The number of piperidine rings is 1. The van der Waals surface area contributed by atoms with Gasteiger partial charge in [0, 0.05) is 42.5 Å². The van der Waals surface area contributed by atoms with Crippen LogP contribution in [0.4, 0.5) is 5.82 Å². The van der Waals surface area contributed by atoms with Crippen LogP contribution in [0.5, 0.6) is 0 Å². The summed E-state index contributed by atoms with van der Waals surface area (Å²) in [6, 6.07) is 7.63. The van der Waals surface area contributed by atoms with E-state index in [4.69, 9.17) is 11.6 Å². The molecule has 1 aliphatic heterocycles. The van der Waals surface area contributed by atoms with Crippen molar-refractivity contribution in [3.05, 3.63) is 41.8 Å². The summed E-state index contributed by atoms with van der Waals surface area (Å²) in [5.74, 6) is 0.635. The molecule has 7 nitrogen and oxygen atoms in total. The van der Waals surface area contributed by atoms with Gasteiger partial charge in [0.25, 0.3) is 0 Å². The van der Waals surface area contributed by atoms with Crippen LogP contribution < -0.4 is 5.32 Å². The monoisotopic (exact) mass is 405 g/mol. The number of nitrogens with zero attached hydrogens (tertiary/aromatic N) is 3. The van der Waals surface area contributed by atoms with Crippen LogP contribution in [0, 0.1) is 0 Å². The molecule has 1 fully saturated rings. The van der Waals surface area contributed by atoms with Gasteiger partial charge in [-0.15, -0.1) is 0 Å². The van der Waals surface area contributed by atoms with E-state index < -0.39 is 10.0 Å². The molecule has 142 valence electrons. The second kappa shape index (κ2) is 7.10. The number of halogens is 1. The Kier molecular flexibility index (Phi) is 4.79. The lowest BCUT2D eigenvalue weighted by Gasteiger charge is -2.31. The van der Waals surface area contributed by atoms with Gasteiger partial charge in [-0.25, -0.2) is 22.7 Å². The Hall–Kier alpha value is -2.16. The van der Waals surface area contributed by atoms with Crippen LogP contribution in [0.1, 0.15) is 12.8 Å². The van der Waals surface area contributed by atoms with Gasteiger partial charge in [0.05, 0.1) is 6.26 Å². The number of rotatable bonds is 4. The van der Waals surface area contributed by atoms with Gasteiger partial charge in [0.1, 0.15) is 16.6 Å². The van der Waals surface area contributed by atoms with Gasteiger partial charge in [-0.1, -0.05) is 11.6 Å². The highest BCUT2D eigenvalue weighted by atomic mass is 35.5. The number of sulfonamides is 1. The van der Waals surface area contributed by atoms with E-state index in [1.54, 1.807) is 6.20 Å². The Morgan fingerprint density at radius 3 is 3.04 bits per heavy atom. The second-order valence-corrected chi connectivity index (χ2v) is 9.14. The highest BCUT2D eigenvalue weighted by Gasteiger charge is 2.26. The molecule has 0 amide bonds. The molecule has 27 heavy (non-hydrogen) atoms. The summed E-state index contributed by atoms with van der Waals surface area (Å²) in [5, 5.41) is 4.73. The van der Waals surface area contributed by atoms with E-state index in [0.717, 1.165) is 35.0 Å². The fourth-order valence-electron chi connectivity index (χ4n) is 3.49. The number of H-pyrrole nitrogens is 1. The van der Waals surface area contributed by atoms with Gasteiger partial charge in [0.15, 0.2) is 0 Å². The second-order valence-electron chi connectivity index (χ2n) is 6.77. The third kappa shape index (κ3) is 3.92. The number of aromatic nitrogens is 3. The van der Waals surface area contributed by atoms with Crippen molar-refractivity contribution in [2.75, 3.05) is 24.7 Å². The van der Waals surface area contributed by atoms with Gasteiger partial charge >= 0.3 is 0 Å². The zero-order valence-corrected chi connectivity index (χ0v) is 16.4. The molecule has 1 saturated heterocycles. The first-order chi connectivity index (χ1) is 12.9. The van der Waals surface area contributed by atoms with Crippen molar-refractivity contribution in [3.63, 3.8) is 0 Å². The average molecular weight is 406 g/mol. The molecule has 0 saturated carbocycles. The number of anilines is 1. The van der Waals surface area contributed by atoms with Gasteiger partial charge in [-0.2, -0.15) is 0 Å². The summed E-state index contributed by atoms with van der Waals surface area (Å²) in [6.45, 7) is 0.993. The highest BCUT2D eigenvalue weighted by molar-refractivity contribution is 7.88. The molecule has 2 N–H and O–H groups in total. The standard InChI is InChI=1S/C18H20ClN5O2S/c1-27(25,26)24-7-3-4-13(11-24)22-17-9-12(8-16(19)23-17)15-10-21-18-14(15)5-2-6-20-18/h2,5-6,8-10,13H,3-4,7,11H2,1H3,(H,20,21)(H,22,23). The predicted molar refractivity (Wildman–Crippen MR) is 107 cm³/mol. The first-order valence-electron chi connectivity index (χ1n) is 8.72. The first-order valence-corrected chi connectivity index (χ1v) is 10.9. The largest absolute Gasteiger partial charge is 0.366 e. The minimum absolute atomic E-state index is 0.00285. The fourth-order valence-corrected chi connectivity index (χ4v) is 4.61. The summed E-state index contributed by atoms with van der Waals surface area (Å²) in [5.41, 5.74) is 2.73. The van der Waals surface area contributed by atoms with Crippen LogP contribution in [-0.2, 0) is 10.0 Å². The van der Waals surface area contributed by atoms with Gasteiger partial charge in [0.2, 0.25) is 10.0 Å². The number of hydrogen-bond donors (Lipinski definition) is 2. The smallest absolute Gasteiger partial charge is 0.211 e. The number of pyridine rings is 2. The molecule has 0 bridgehead atoms. The van der Waals surface area contributed by atoms with Gasteiger partial charge in [-0.3, -0.25) is 0 Å². The molecule has 4 rings (SSSR count). The Bertz CT molecular complexity index is 1080. The quantitative estimate of drug-likeness (QED) is 0.651. The maximum atomic E-state index is 11.8. The van der Waals surface area contributed by atoms with Crippen molar-refractivity contribution in [1.29, 1.82) is 0 Å². The van der Waals surface area contributed by atoms with Crippen molar-refractivity contribution < 1.29 is 8.42 Å². The predicted octanol–water partition coefficient (Wildman–Crippen LogP) is 3.11. The Morgan fingerprint density at radius 1 is 1.37 bits per heavy atom. The molecular formula is C18H20ClN5O2S. The molecule has 1 unspecified atom stereocenters. The number of fused-ring (bicyclic) bond motifs is 1. The zero-order chi connectivity index (χ0) is 19.0. The van der Waals surface area contributed by atoms with Crippen molar-refractivity contribution in [2.45, 2.75) is 18.9 Å². The zero-order valence-electron chi connectivity index (χ0n) is 14.8. The summed E-state index contributed by atoms with van der Waals surface area (Å²) in [7, 11) is -3.19. The average Bonchev–Trinajstić information content (AvgIpc) is 3.05. The number of hydrogen-bond acceptors (Lipinski definition) is 5. The van der Waals surface area contributed by atoms with Gasteiger partial charge in [-0.05, 0) is 42.7 Å². The van der Waals surface area contributed by atoms with Crippen molar-refractivity contribution >= 4 is 38.5 Å². The highest BCUT2D eigenvalue weighted by Crippen LogP contribution is 2.31. The van der Waals surface area contributed by atoms with Crippen LogP contribution in [0.3, 0.4) is 0 Å².